The zero-order valence-corrected chi connectivity index (χ0v) is 12.2. The van der Waals surface area contributed by atoms with Crippen molar-refractivity contribution in [2.24, 2.45) is 0 Å². The van der Waals surface area contributed by atoms with E-state index in [9.17, 15) is 4.79 Å². The van der Waals surface area contributed by atoms with Gasteiger partial charge in [-0.3, -0.25) is 4.79 Å². The maximum absolute atomic E-state index is 10.6. The molecular formula is C10H13N5O2S2. The van der Waals surface area contributed by atoms with E-state index in [0.717, 1.165) is 28.8 Å². The van der Waals surface area contributed by atoms with Crippen LogP contribution < -0.4 is 0 Å². The summed E-state index contributed by atoms with van der Waals surface area (Å²) in [6.45, 7) is 4.65. The highest BCUT2D eigenvalue weighted by Crippen LogP contribution is 2.28. The van der Waals surface area contributed by atoms with Crippen molar-refractivity contribution in [1.29, 1.82) is 0 Å². The van der Waals surface area contributed by atoms with Crippen LogP contribution in [-0.4, -0.2) is 41.2 Å². The summed E-state index contributed by atoms with van der Waals surface area (Å²) in [5.74, 6) is -0.187. The maximum Gasteiger partial charge on any atom is 0.313 e. The lowest BCUT2D eigenvalue weighted by Gasteiger charge is -2.05. The van der Waals surface area contributed by atoms with Gasteiger partial charge in [0.25, 0.3) is 0 Å². The Labute approximate surface area is 118 Å². The van der Waals surface area contributed by atoms with E-state index in [4.69, 9.17) is 5.11 Å². The molecule has 0 unspecified atom stereocenters. The van der Waals surface area contributed by atoms with Gasteiger partial charge < -0.3 is 9.67 Å². The van der Waals surface area contributed by atoms with Gasteiger partial charge in [0.05, 0.1) is 11.4 Å². The molecule has 9 heteroatoms. The van der Waals surface area contributed by atoms with E-state index in [1.165, 1.54) is 11.5 Å². The van der Waals surface area contributed by atoms with Crippen molar-refractivity contribution in [3.8, 4) is 10.7 Å². The molecule has 2 heterocycles. The number of carboxylic acid groups (broad SMARTS) is 1. The zero-order valence-electron chi connectivity index (χ0n) is 10.5. The molecule has 0 aliphatic heterocycles. The molecule has 102 valence electrons. The summed E-state index contributed by atoms with van der Waals surface area (Å²) in [6.07, 6.45) is 0.778. The average Bonchev–Trinajstić information content (AvgIpc) is 3.01. The monoisotopic (exact) mass is 299 g/mol. The van der Waals surface area contributed by atoms with E-state index >= 15 is 0 Å². The average molecular weight is 299 g/mol. The molecule has 0 spiro atoms. The van der Waals surface area contributed by atoms with Crippen molar-refractivity contribution in [3.63, 3.8) is 0 Å². The van der Waals surface area contributed by atoms with Crippen LogP contribution in [0.5, 0.6) is 0 Å². The van der Waals surface area contributed by atoms with Crippen LogP contribution in [0.25, 0.3) is 10.7 Å². The normalized spacial score (nSPS) is 10.8. The first kappa shape index (κ1) is 13.9. The molecule has 0 saturated carbocycles. The Morgan fingerprint density at radius 1 is 1.37 bits per heavy atom. The Bertz CT molecular complexity index is 580. The van der Waals surface area contributed by atoms with Gasteiger partial charge in [-0.2, -0.15) is 0 Å². The van der Waals surface area contributed by atoms with Crippen LogP contribution in [0.4, 0.5) is 0 Å². The first-order valence-electron chi connectivity index (χ1n) is 5.76. The molecule has 2 aromatic rings. The number of hydrogen-bond donors (Lipinski definition) is 1. The molecule has 0 radical (unpaired) electrons. The predicted octanol–water partition coefficient (Wildman–Crippen LogP) is 1.56. The van der Waals surface area contributed by atoms with Gasteiger partial charge in [-0.15, -0.1) is 15.3 Å². The second-order valence-corrected chi connectivity index (χ2v) is 5.33. The van der Waals surface area contributed by atoms with Crippen LogP contribution in [0.3, 0.4) is 0 Å². The molecule has 0 saturated heterocycles. The molecular weight excluding hydrogens is 286 g/mol. The molecule has 0 aliphatic carbocycles. The molecule has 1 N–H and O–H groups in total. The number of carboxylic acids is 1. The third-order valence-electron chi connectivity index (χ3n) is 2.45. The van der Waals surface area contributed by atoms with Crippen LogP contribution in [0.15, 0.2) is 5.16 Å². The van der Waals surface area contributed by atoms with Crippen LogP contribution in [0.1, 0.15) is 19.5 Å². The van der Waals surface area contributed by atoms with Crippen molar-refractivity contribution in [3.05, 3.63) is 5.69 Å². The van der Waals surface area contributed by atoms with Gasteiger partial charge in [0.2, 0.25) is 0 Å². The smallest absolute Gasteiger partial charge is 0.313 e. The Balaban J connectivity index is 2.34. The van der Waals surface area contributed by atoms with E-state index < -0.39 is 5.97 Å². The summed E-state index contributed by atoms with van der Waals surface area (Å²) in [7, 11) is 0. The van der Waals surface area contributed by atoms with Gasteiger partial charge >= 0.3 is 5.97 Å². The SMILES string of the molecule is CCc1nnsc1-c1nnc(SCC(=O)O)n1CC. The first-order valence-corrected chi connectivity index (χ1v) is 7.52. The summed E-state index contributed by atoms with van der Waals surface area (Å²) in [4.78, 5) is 11.5. The quantitative estimate of drug-likeness (QED) is 0.809. The van der Waals surface area contributed by atoms with E-state index in [-0.39, 0.29) is 5.75 Å². The van der Waals surface area contributed by atoms with Gasteiger partial charge in [-0.25, -0.2) is 0 Å². The number of carbonyl (C=O) groups is 1. The second kappa shape index (κ2) is 6.11. The molecule has 7 nitrogen and oxygen atoms in total. The van der Waals surface area contributed by atoms with E-state index in [0.29, 0.717) is 17.5 Å². The fourth-order valence-corrected chi connectivity index (χ4v) is 3.05. The number of aliphatic carboxylic acids is 1. The van der Waals surface area contributed by atoms with Crippen LogP contribution >= 0.6 is 23.3 Å². The Morgan fingerprint density at radius 3 is 2.79 bits per heavy atom. The molecule has 0 aromatic carbocycles. The molecule has 0 atom stereocenters. The number of aromatic nitrogens is 5. The summed E-state index contributed by atoms with van der Waals surface area (Å²) in [5, 5.41) is 21.6. The highest BCUT2D eigenvalue weighted by Gasteiger charge is 2.18. The van der Waals surface area contributed by atoms with Gasteiger partial charge in [-0.1, -0.05) is 23.2 Å². The molecule has 0 aliphatic rings. The number of aryl methyl sites for hydroxylation is 1. The van der Waals surface area contributed by atoms with Gasteiger partial charge in [0.1, 0.15) is 4.88 Å². The molecule has 0 bridgehead atoms. The minimum absolute atomic E-state index is 0.0281. The van der Waals surface area contributed by atoms with Crippen LogP contribution in [0.2, 0.25) is 0 Å². The fraction of sp³-hybridized carbons (Fsp3) is 0.500. The molecule has 0 fully saturated rings. The summed E-state index contributed by atoms with van der Waals surface area (Å²) in [5.41, 5.74) is 0.891. The number of thioether (sulfide) groups is 1. The van der Waals surface area contributed by atoms with E-state index in [1.807, 2.05) is 18.4 Å². The van der Waals surface area contributed by atoms with E-state index in [1.54, 1.807) is 0 Å². The van der Waals surface area contributed by atoms with Crippen molar-refractivity contribution in [2.45, 2.75) is 32.0 Å². The summed E-state index contributed by atoms with van der Waals surface area (Å²) in [6, 6.07) is 0. The lowest BCUT2D eigenvalue weighted by molar-refractivity contribution is -0.133. The Hall–Kier alpha value is -1.48. The molecule has 0 amide bonds. The largest absolute Gasteiger partial charge is 0.481 e. The van der Waals surface area contributed by atoms with Crippen LogP contribution in [-0.2, 0) is 17.8 Å². The van der Waals surface area contributed by atoms with E-state index in [2.05, 4.69) is 19.8 Å². The maximum atomic E-state index is 10.6. The lowest BCUT2D eigenvalue weighted by atomic mass is 10.3. The number of rotatable bonds is 6. The highest BCUT2D eigenvalue weighted by atomic mass is 32.2. The minimum atomic E-state index is -0.870. The van der Waals surface area contributed by atoms with Crippen molar-refractivity contribution >= 4 is 29.3 Å². The minimum Gasteiger partial charge on any atom is -0.481 e. The molecule has 19 heavy (non-hydrogen) atoms. The topological polar surface area (TPSA) is 93.8 Å². The summed E-state index contributed by atoms with van der Waals surface area (Å²) < 4.78 is 5.83. The summed E-state index contributed by atoms with van der Waals surface area (Å²) >= 11 is 2.45. The van der Waals surface area contributed by atoms with Crippen molar-refractivity contribution in [1.82, 2.24) is 24.4 Å². The molecule has 2 aromatic heterocycles. The highest BCUT2D eigenvalue weighted by molar-refractivity contribution is 7.99. The van der Waals surface area contributed by atoms with Crippen molar-refractivity contribution < 1.29 is 9.90 Å². The fourth-order valence-electron chi connectivity index (χ4n) is 1.58. The molecule has 2 rings (SSSR count). The second-order valence-electron chi connectivity index (χ2n) is 3.64. The third kappa shape index (κ3) is 2.92. The Morgan fingerprint density at radius 2 is 2.16 bits per heavy atom. The van der Waals surface area contributed by atoms with Crippen molar-refractivity contribution in [2.75, 3.05) is 5.75 Å². The zero-order chi connectivity index (χ0) is 13.8. The van der Waals surface area contributed by atoms with Gasteiger partial charge in [-0.05, 0) is 24.9 Å². The van der Waals surface area contributed by atoms with Crippen LogP contribution in [0, 0.1) is 0 Å². The third-order valence-corrected chi connectivity index (χ3v) is 4.17. The van der Waals surface area contributed by atoms with Gasteiger partial charge in [0, 0.05) is 6.54 Å². The first-order chi connectivity index (χ1) is 9.17. The Kier molecular flexibility index (Phi) is 4.48. The number of nitrogens with zero attached hydrogens (tertiary/aromatic N) is 5. The predicted molar refractivity (Wildman–Crippen MR) is 72.3 cm³/mol. The number of hydrogen-bond acceptors (Lipinski definition) is 7. The van der Waals surface area contributed by atoms with Gasteiger partial charge in [0.15, 0.2) is 11.0 Å². The standard InChI is InChI=1S/C10H13N5O2S2/c1-3-6-8(19-14-11-6)9-12-13-10(15(9)4-2)18-5-7(16)17/h3-5H2,1-2H3,(H,16,17). The lowest BCUT2D eigenvalue weighted by Crippen LogP contribution is -2.03.